The first-order chi connectivity index (χ1) is 11.7. The molecule has 2 heterocycles. The van der Waals surface area contributed by atoms with Crippen molar-refractivity contribution >= 4 is 42.3 Å². The highest BCUT2D eigenvalue weighted by Gasteiger charge is 2.13. The first kappa shape index (κ1) is 22.7. The highest BCUT2D eigenvalue weighted by molar-refractivity contribution is 6.30. The molecule has 1 unspecified atom stereocenters. The van der Waals surface area contributed by atoms with Gasteiger partial charge in [0.15, 0.2) is 0 Å². The number of hydrogen-bond acceptors (Lipinski definition) is 3. The van der Waals surface area contributed by atoms with Crippen LogP contribution in [-0.4, -0.2) is 30.5 Å². The highest BCUT2D eigenvalue weighted by atomic mass is 35.5. The SMILES string of the molecule is Cl.Cl.O=C(NCCC1CCCNC1)c1cncc(-c2ccc(Cl)cc2)c1. The molecule has 1 saturated heterocycles. The van der Waals surface area contributed by atoms with Crippen LogP contribution in [0.4, 0.5) is 0 Å². The molecule has 2 aromatic rings. The second-order valence-electron chi connectivity index (χ2n) is 6.23. The van der Waals surface area contributed by atoms with Gasteiger partial charge in [-0.2, -0.15) is 0 Å². The third kappa shape index (κ3) is 6.44. The summed E-state index contributed by atoms with van der Waals surface area (Å²) in [5, 5.41) is 7.10. The molecule has 1 fully saturated rings. The zero-order valence-electron chi connectivity index (χ0n) is 14.4. The number of rotatable bonds is 5. The Morgan fingerprint density at radius 1 is 1.19 bits per heavy atom. The summed E-state index contributed by atoms with van der Waals surface area (Å²) in [5.74, 6) is 0.597. The van der Waals surface area contributed by atoms with Crippen molar-refractivity contribution in [1.82, 2.24) is 15.6 Å². The quantitative estimate of drug-likeness (QED) is 0.761. The summed E-state index contributed by atoms with van der Waals surface area (Å²) in [6, 6.07) is 9.39. The van der Waals surface area contributed by atoms with Crippen LogP contribution in [0.15, 0.2) is 42.7 Å². The van der Waals surface area contributed by atoms with Crippen LogP contribution in [-0.2, 0) is 0 Å². The predicted octanol–water partition coefficient (Wildman–Crippen LogP) is 4.37. The topological polar surface area (TPSA) is 54.0 Å². The number of benzene rings is 1. The molecule has 1 atom stereocenters. The molecule has 0 bridgehead atoms. The lowest BCUT2D eigenvalue weighted by molar-refractivity contribution is 0.0950. The molecule has 3 rings (SSSR count). The van der Waals surface area contributed by atoms with Crippen molar-refractivity contribution in [3.05, 3.63) is 53.3 Å². The number of pyridine rings is 1. The lowest BCUT2D eigenvalue weighted by Crippen LogP contribution is -2.33. The maximum atomic E-state index is 12.3. The summed E-state index contributed by atoms with van der Waals surface area (Å²) in [7, 11) is 0. The monoisotopic (exact) mass is 415 g/mol. The van der Waals surface area contributed by atoms with Gasteiger partial charge >= 0.3 is 0 Å². The van der Waals surface area contributed by atoms with Gasteiger partial charge in [-0.3, -0.25) is 9.78 Å². The summed E-state index contributed by atoms with van der Waals surface area (Å²) in [4.78, 5) is 16.5. The Morgan fingerprint density at radius 3 is 2.65 bits per heavy atom. The van der Waals surface area contributed by atoms with Crippen LogP contribution in [0.25, 0.3) is 11.1 Å². The van der Waals surface area contributed by atoms with E-state index in [0.717, 1.165) is 30.6 Å². The van der Waals surface area contributed by atoms with Crippen LogP contribution < -0.4 is 10.6 Å². The second kappa shape index (κ2) is 11.4. The first-order valence-electron chi connectivity index (χ1n) is 8.42. The number of amides is 1. The van der Waals surface area contributed by atoms with E-state index < -0.39 is 0 Å². The molecule has 1 amide bonds. The summed E-state index contributed by atoms with van der Waals surface area (Å²) in [6.45, 7) is 2.88. The van der Waals surface area contributed by atoms with Gasteiger partial charge in [0, 0.05) is 29.5 Å². The number of halogens is 3. The molecule has 2 N–H and O–H groups in total. The summed E-state index contributed by atoms with van der Waals surface area (Å²) in [6.07, 6.45) is 6.86. The average Bonchev–Trinajstić information content (AvgIpc) is 2.63. The molecule has 4 nitrogen and oxygen atoms in total. The molecule has 1 aromatic carbocycles. The average molecular weight is 417 g/mol. The predicted molar refractivity (Wildman–Crippen MR) is 112 cm³/mol. The van der Waals surface area contributed by atoms with Crippen LogP contribution in [0, 0.1) is 5.92 Å². The zero-order valence-corrected chi connectivity index (χ0v) is 16.8. The lowest BCUT2D eigenvalue weighted by Gasteiger charge is -2.22. The van der Waals surface area contributed by atoms with Crippen molar-refractivity contribution < 1.29 is 4.79 Å². The van der Waals surface area contributed by atoms with Crippen molar-refractivity contribution in [2.45, 2.75) is 19.3 Å². The largest absolute Gasteiger partial charge is 0.352 e. The van der Waals surface area contributed by atoms with Gasteiger partial charge < -0.3 is 10.6 Å². The van der Waals surface area contributed by atoms with E-state index in [-0.39, 0.29) is 30.7 Å². The van der Waals surface area contributed by atoms with Gasteiger partial charge in [0.1, 0.15) is 0 Å². The van der Waals surface area contributed by atoms with Gasteiger partial charge in [-0.15, -0.1) is 24.8 Å². The highest BCUT2D eigenvalue weighted by Crippen LogP contribution is 2.21. The summed E-state index contributed by atoms with van der Waals surface area (Å²) >= 11 is 5.92. The van der Waals surface area contributed by atoms with Crippen LogP contribution in [0.2, 0.25) is 5.02 Å². The Kier molecular flexibility index (Phi) is 9.96. The molecule has 0 saturated carbocycles. The van der Waals surface area contributed by atoms with Crippen molar-refractivity contribution in [3.8, 4) is 11.1 Å². The summed E-state index contributed by atoms with van der Waals surface area (Å²) in [5.41, 5.74) is 2.50. The van der Waals surface area contributed by atoms with Crippen molar-refractivity contribution in [3.63, 3.8) is 0 Å². The third-order valence-electron chi connectivity index (χ3n) is 4.42. The van der Waals surface area contributed by atoms with Gasteiger partial charge in [0.25, 0.3) is 5.91 Å². The number of nitrogens with one attached hydrogen (secondary N) is 2. The number of nitrogens with zero attached hydrogens (tertiary/aromatic N) is 1. The minimum Gasteiger partial charge on any atom is -0.352 e. The fourth-order valence-electron chi connectivity index (χ4n) is 3.03. The Balaban J connectivity index is 0.00000169. The van der Waals surface area contributed by atoms with E-state index in [0.29, 0.717) is 23.0 Å². The Labute approximate surface area is 171 Å². The van der Waals surface area contributed by atoms with Crippen molar-refractivity contribution in [1.29, 1.82) is 0 Å². The Hall–Kier alpha value is -1.33. The molecule has 142 valence electrons. The van der Waals surface area contributed by atoms with Crippen molar-refractivity contribution in [2.75, 3.05) is 19.6 Å². The number of carbonyl (C=O) groups excluding carboxylic acids is 1. The van der Waals surface area contributed by atoms with E-state index in [1.54, 1.807) is 12.4 Å². The Morgan fingerprint density at radius 2 is 1.96 bits per heavy atom. The molecule has 26 heavy (non-hydrogen) atoms. The van der Waals surface area contributed by atoms with E-state index in [2.05, 4.69) is 15.6 Å². The number of hydrogen-bond donors (Lipinski definition) is 2. The molecule has 1 aromatic heterocycles. The lowest BCUT2D eigenvalue weighted by atomic mass is 9.96. The number of piperidine rings is 1. The van der Waals surface area contributed by atoms with Gasteiger partial charge in [0.2, 0.25) is 0 Å². The fraction of sp³-hybridized carbons (Fsp3) is 0.368. The Bertz CT molecular complexity index is 689. The molecular weight excluding hydrogens is 393 g/mol. The minimum absolute atomic E-state index is 0. The number of aromatic nitrogens is 1. The summed E-state index contributed by atoms with van der Waals surface area (Å²) < 4.78 is 0. The smallest absolute Gasteiger partial charge is 0.252 e. The molecule has 1 aliphatic rings. The molecule has 0 aliphatic carbocycles. The van der Waals surface area contributed by atoms with Crippen LogP contribution in [0.5, 0.6) is 0 Å². The maximum absolute atomic E-state index is 12.3. The second-order valence-corrected chi connectivity index (χ2v) is 6.66. The van der Waals surface area contributed by atoms with Gasteiger partial charge in [-0.05, 0) is 62.0 Å². The molecule has 1 aliphatic heterocycles. The van der Waals surface area contributed by atoms with E-state index in [1.165, 1.54) is 12.8 Å². The standard InChI is InChI=1S/C19H22ClN3O.2ClH/c20-18-5-3-15(4-6-18)16-10-17(13-22-12-16)19(24)23-9-7-14-2-1-8-21-11-14;;/h3-6,10,12-14,21H,1-2,7-9,11H2,(H,23,24);2*1H. The van der Waals surface area contributed by atoms with Gasteiger partial charge in [-0.1, -0.05) is 23.7 Å². The van der Waals surface area contributed by atoms with Crippen LogP contribution in [0.3, 0.4) is 0 Å². The minimum atomic E-state index is -0.0675. The van der Waals surface area contributed by atoms with Gasteiger partial charge in [-0.25, -0.2) is 0 Å². The maximum Gasteiger partial charge on any atom is 0.252 e. The van der Waals surface area contributed by atoms with E-state index in [4.69, 9.17) is 11.6 Å². The molecular formula is C19H24Cl3N3O. The zero-order chi connectivity index (χ0) is 16.8. The van der Waals surface area contributed by atoms with E-state index in [9.17, 15) is 4.79 Å². The fourth-order valence-corrected chi connectivity index (χ4v) is 3.15. The number of carbonyl (C=O) groups is 1. The van der Waals surface area contributed by atoms with Crippen LogP contribution in [0.1, 0.15) is 29.6 Å². The van der Waals surface area contributed by atoms with E-state index >= 15 is 0 Å². The third-order valence-corrected chi connectivity index (χ3v) is 4.67. The van der Waals surface area contributed by atoms with Crippen molar-refractivity contribution in [2.24, 2.45) is 5.92 Å². The van der Waals surface area contributed by atoms with Crippen LogP contribution >= 0.6 is 36.4 Å². The molecule has 7 heteroatoms. The van der Waals surface area contributed by atoms with E-state index in [1.807, 2.05) is 30.3 Å². The molecule has 0 spiro atoms. The van der Waals surface area contributed by atoms with Gasteiger partial charge in [0.05, 0.1) is 5.56 Å². The normalized spacial score (nSPS) is 16.1. The molecule has 0 radical (unpaired) electrons. The first-order valence-corrected chi connectivity index (χ1v) is 8.80.